The van der Waals surface area contributed by atoms with Gasteiger partial charge in [0.15, 0.2) is 0 Å². The molecule has 0 saturated carbocycles. The third-order valence-corrected chi connectivity index (χ3v) is 2.58. The fraction of sp³-hybridized carbons (Fsp3) is 0.400. The van der Waals surface area contributed by atoms with Gasteiger partial charge in [0, 0.05) is 19.3 Å². The maximum atomic E-state index is 12.9. The molecule has 0 aromatic heterocycles. The Morgan fingerprint density at radius 1 is 1.54 bits per heavy atom. The van der Waals surface area contributed by atoms with Crippen molar-refractivity contribution in [2.24, 2.45) is 0 Å². The molecule has 1 heterocycles. The molecule has 3 heteroatoms. The summed E-state index contributed by atoms with van der Waals surface area (Å²) in [5.74, 6) is -0.164. The Morgan fingerprint density at radius 2 is 2.31 bits per heavy atom. The summed E-state index contributed by atoms with van der Waals surface area (Å²) >= 11 is 0. The van der Waals surface area contributed by atoms with Gasteiger partial charge in [-0.15, -0.1) is 0 Å². The topological polar surface area (TPSA) is 15.3 Å². The molecule has 1 N–H and O–H groups in total. The second kappa shape index (κ2) is 3.00. The zero-order valence-electron chi connectivity index (χ0n) is 7.84. The quantitative estimate of drug-likeness (QED) is 0.705. The molecule has 1 unspecified atom stereocenters. The molecule has 2 nitrogen and oxygen atoms in total. The van der Waals surface area contributed by atoms with Crippen LogP contribution in [0.3, 0.4) is 0 Å². The van der Waals surface area contributed by atoms with Gasteiger partial charge in [0.25, 0.3) is 0 Å². The smallest absolute Gasteiger partial charge is 0.125 e. The summed E-state index contributed by atoms with van der Waals surface area (Å²) in [7, 11) is 3.91. The number of halogens is 1. The zero-order valence-corrected chi connectivity index (χ0v) is 7.84. The molecule has 1 aliphatic rings. The van der Waals surface area contributed by atoms with Gasteiger partial charge in [-0.1, -0.05) is 6.07 Å². The monoisotopic (exact) mass is 180 g/mol. The largest absolute Gasteiger partial charge is 0.372 e. The van der Waals surface area contributed by atoms with Crippen LogP contribution in [0.4, 0.5) is 10.1 Å². The van der Waals surface area contributed by atoms with Crippen molar-refractivity contribution in [3.63, 3.8) is 0 Å². The van der Waals surface area contributed by atoms with Gasteiger partial charge in [-0.2, -0.15) is 0 Å². The van der Waals surface area contributed by atoms with E-state index < -0.39 is 0 Å². The average molecular weight is 180 g/mol. The highest BCUT2D eigenvalue weighted by molar-refractivity contribution is 5.59. The molecule has 0 spiro atoms. The van der Waals surface area contributed by atoms with Crippen LogP contribution >= 0.6 is 0 Å². The summed E-state index contributed by atoms with van der Waals surface area (Å²) in [4.78, 5) is 2.07. The highest BCUT2D eigenvalue weighted by atomic mass is 19.1. The van der Waals surface area contributed by atoms with Crippen LogP contribution in [0.1, 0.15) is 11.6 Å². The number of likely N-dealkylation sites (N-methyl/N-ethyl adjacent to an activating group) is 2. The summed E-state index contributed by atoms with van der Waals surface area (Å²) in [6, 6.07) is 5.30. The SMILES string of the molecule is CNC1CN(C)c2cc(F)ccc21. The fourth-order valence-electron chi connectivity index (χ4n) is 1.86. The molecular weight excluding hydrogens is 167 g/mol. The minimum Gasteiger partial charge on any atom is -0.372 e. The maximum Gasteiger partial charge on any atom is 0.125 e. The Labute approximate surface area is 77.4 Å². The number of rotatable bonds is 1. The van der Waals surface area contributed by atoms with Crippen LogP contribution < -0.4 is 10.2 Å². The summed E-state index contributed by atoms with van der Waals surface area (Å²) in [6.07, 6.45) is 0. The Morgan fingerprint density at radius 3 is 3.00 bits per heavy atom. The van der Waals surface area contributed by atoms with E-state index in [0.717, 1.165) is 12.2 Å². The first kappa shape index (κ1) is 8.51. The van der Waals surface area contributed by atoms with Crippen LogP contribution in [0.25, 0.3) is 0 Å². The normalized spacial score (nSPS) is 20.5. The standard InChI is InChI=1S/C10H13FN2/c1-12-9-6-13(2)10-5-7(11)3-4-8(9)10/h3-5,9,12H,6H2,1-2H3. The molecular formula is C10H13FN2. The van der Waals surface area contributed by atoms with Gasteiger partial charge >= 0.3 is 0 Å². The van der Waals surface area contributed by atoms with E-state index >= 15 is 0 Å². The van der Waals surface area contributed by atoms with Crippen molar-refractivity contribution in [3.8, 4) is 0 Å². The Kier molecular flexibility index (Phi) is 1.96. The molecule has 1 aromatic rings. The number of nitrogens with one attached hydrogen (secondary N) is 1. The van der Waals surface area contributed by atoms with Crippen LogP contribution in [-0.4, -0.2) is 20.6 Å². The minimum atomic E-state index is -0.164. The number of anilines is 1. The van der Waals surface area contributed by atoms with Gasteiger partial charge in [0.1, 0.15) is 5.82 Å². The molecule has 0 amide bonds. The van der Waals surface area contributed by atoms with E-state index in [2.05, 4.69) is 10.2 Å². The molecule has 13 heavy (non-hydrogen) atoms. The Hall–Kier alpha value is -1.09. The van der Waals surface area contributed by atoms with Crippen molar-refractivity contribution >= 4 is 5.69 Å². The number of nitrogens with zero attached hydrogens (tertiary/aromatic N) is 1. The fourth-order valence-corrected chi connectivity index (χ4v) is 1.86. The predicted octanol–water partition coefficient (Wildman–Crippen LogP) is 1.54. The van der Waals surface area contributed by atoms with Crippen molar-refractivity contribution in [2.45, 2.75) is 6.04 Å². The molecule has 0 radical (unpaired) electrons. The van der Waals surface area contributed by atoms with Gasteiger partial charge in [0.05, 0.1) is 6.04 Å². The first-order valence-corrected chi connectivity index (χ1v) is 4.40. The first-order valence-electron chi connectivity index (χ1n) is 4.40. The lowest BCUT2D eigenvalue weighted by atomic mass is 10.1. The summed E-state index contributed by atoms with van der Waals surface area (Å²) in [5, 5.41) is 3.21. The molecule has 1 atom stereocenters. The first-order chi connectivity index (χ1) is 6.22. The molecule has 1 aromatic carbocycles. The van der Waals surface area contributed by atoms with Crippen molar-refractivity contribution in [1.82, 2.24) is 5.32 Å². The van der Waals surface area contributed by atoms with E-state index in [1.54, 1.807) is 6.07 Å². The molecule has 0 saturated heterocycles. The molecule has 0 aliphatic carbocycles. The van der Waals surface area contributed by atoms with Gasteiger partial charge < -0.3 is 10.2 Å². The number of hydrogen-bond donors (Lipinski definition) is 1. The lowest BCUT2D eigenvalue weighted by Gasteiger charge is -2.11. The highest BCUT2D eigenvalue weighted by Crippen LogP contribution is 2.33. The minimum absolute atomic E-state index is 0.164. The van der Waals surface area contributed by atoms with E-state index in [1.807, 2.05) is 20.2 Å². The molecule has 70 valence electrons. The van der Waals surface area contributed by atoms with E-state index in [9.17, 15) is 4.39 Å². The number of hydrogen-bond acceptors (Lipinski definition) is 2. The van der Waals surface area contributed by atoms with Crippen molar-refractivity contribution in [1.29, 1.82) is 0 Å². The van der Waals surface area contributed by atoms with Gasteiger partial charge in [-0.3, -0.25) is 0 Å². The van der Waals surface area contributed by atoms with Crippen LogP contribution in [0, 0.1) is 5.82 Å². The summed E-state index contributed by atoms with van der Waals surface area (Å²) < 4.78 is 12.9. The molecule has 1 aliphatic heterocycles. The Bertz CT molecular complexity index is 325. The lowest BCUT2D eigenvalue weighted by molar-refractivity contribution is 0.621. The van der Waals surface area contributed by atoms with Crippen LogP contribution in [0.5, 0.6) is 0 Å². The third-order valence-electron chi connectivity index (χ3n) is 2.58. The van der Waals surface area contributed by atoms with Gasteiger partial charge in [-0.25, -0.2) is 4.39 Å². The molecule has 2 rings (SSSR count). The van der Waals surface area contributed by atoms with Gasteiger partial charge in [0.2, 0.25) is 0 Å². The average Bonchev–Trinajstić information content (AvgIpc) is 2.43. The Balaban J connectivity index is 2.46. The lowest BCUT2D eigenvalue weighted by Crippen LogP contribution is -2.22. The maximum absolute atomic E-state index is 12.9. The highest BCUT2D eigenvalue weighted by Gasteiger charge is 2.24. The number of fused-ring (bicyclic) bond motifs is 1. The predicted molar refractivity (Wildman–Crippen MR) is 51.5 cm³/mol. The van der Waals surface area contributed by atoms with Crippen molar-refractivity contribution in [3.05, 3.63) is 29.6 Å². The molecule has 0 fully saturated rings. The third kappa shape index (κ3) is 1.29. The van der Waals surface area contributed by atoms with Crippen molar-refractivity contribution in [2.75, 3.05) is 25.5 Å². The van der Waals surface area contributed by atoms with Crippen LogP contribution in [-0.2, 0) is 0 Å². The van der Waals surface area contributed by atoms with Gasteiger partial charge in [-0.05, 0) is 24.7 Å². The van der Waals surface area contributed by atoms with E-state index in [-0.39, 0.29) is 5.82 Å². The zero-order chi connectivity index (χ0) is 9.42. The van der Waals surface area contributed by atoms with Crippen LogP contribution in [0.15, 0.2) is 18.2 Å². The van der Waals surface area contributed by atoms with Crippen molar-refractivity contribution < 1.29 is 4.39 Å². The summed E-state index contributed by atoms with van der Waals surface area (Å²) in [6.45, 7) is 0.912. The van der Waals surface area contributed by atoms with E-state index in [4.69, 9.17) is 0 Å². The van der Waals surface area contributed by atoms with E-state index in [1.165, 1.54) is 11.6 Å². The van der Waals surface area contributed by atoms with E-state index in [0.29, 0.717) is 6.04 Å². The second-order valence-electron chi connectivity index (χ2n) is 3.42. The second-order valence-corrected chi connectivity index (χ2v) is 3.42. The number of benzene rings is 1. The molecule has 0 bridgehead atoms. The summed E-state index contributed by atoms with van der Waals surface area (Å²) in [5.41, 5.74) is 2.19. The van der Waals surface area contributed by atoms with Crippen LogP contribution in [0.2, 0.25) is 0 Å².